The van der Waals surface area contributed by atoms with Crippen LogP contribution >= 0.6 is 11.6 Å². The minimum absolute atomic E-state index is 0.124. The van der Waals surface area contributed by atoms with Crippen LogP contribution in [0, 0.1) is 5.82 Å². The van der Waals surface area contributed by atoms with Gasteiger partial charge in [-0.1, -0.05) is 29.8 Å². The number of nitrogens with one attached hydrogen (secondary N) is 1. The van der Waals surface area contributed by atoms with Gasteiger partial charge in [0.2, 0.25) is 5.91 Å². The highest BCUT2D eigenvalue weighted by Gasteiger charge is 2.20. The third-order valence-corrected chi connectivity index (χ3v) is 5.32. The number of nitrogens with zero attached hydrogens (tertiary/aromatic N) is 5. The molecule has 0 aliphatic carbocycles. The van der Waals surface area contributed by atoms with Crippen molar-refractivity contribution < 1.29 is 9.18 Å². The van der Waals surface area contributed by atoms with Crippen molar-refractivity contribution in [3.05, 3.63) is 71.5 Å². The molecule has 3 aromatic rings. The van der Waals surface area contributed by atoms with Crippen molar-refractivity contribution in [2.75, 3.05) is 38.0 Å². The minimum atomic E-state index is -0.177. The quantitative estimate of drug-likeness (QED) is 0.654. The summed E-state index contributed by atoms with van der Waals surface area (Å²) < 4.78 is 15.4. The number of benzene rings is 2. The average molecular weight is 429 g/mol. The predicted molar refractivity (Wildman–Crippen MR) is 113 cm³/mol. The van der Waals surface area contributed by atoms with Crippen LogP contribution in [0.2, 0.25) is 5.02 Å². The zero-order valence-corrected chi connectivity index (χ0v) is 17.1. The summed E-state index contributed by atoms with van der Waals surface area (Å²) in [5.74, 6) is -0.301. The first kappa shape index (κ1) is 20.5. The largest absolute Gasteiger partial charge is 0.323 e. The highest BCUT2D eigenvalue weighted by atomic mass is 35.5. The van der Waals surface area contributed by atoms with Gasteiger partial charge in [0.05, 0.1) is 17.9 Å². The maximum Gasteiger partial charge on any atom is 0.238 e. The summed E-state index contributed by atoms with van der Waals surface area (Å²) in [4.78, 5) is 20.9. The van der Waals surface area contributed by atoms with E-state index in [2.05, 4.69) is 25.2 Å². The molecule has 1 aliphatic heterocycles. The van der Waals surface area contributed by atoms with E-state index in [0.29, 0.717) is 28.5 Å². The van der Waals surface area contributed by atoms with Crippen LogP contribution in [0.25, 0.3) is 5.69 Å². The number of rotatable bonds is 6. The third kappa shape index (κ3) is 5.02. The lowest BCUT2D eigenvalue weighted by molar-refractivity contribution is -0.117. The lowest BCUT2D eigenvalue weighted by atomic mass is 10.2. The molecule has 1 fully saturated rings. The molecule has 0 unspecified atom stereocenters. The minimum Gasteiger partial charge on any atom is -0.323 e. The summed E-state index contributed by atoms with van der Waals surface area (Å²) in [5, 5.41) is 7.57. The summed E-state index contributed by atoms with van der Waals surface area (Å²) in [5.41, 5.74) is 1.97. The maximum absolute atomic E-state index is 13.9. The van der Waals surface area contributed by atoms with Crippen LogP contribution in [0.1, 0.15) is 5.56 Å². The summed E-state index contributed by atoms with van der Waals surface area (Å²) in [6.45, 7) is 3.90. The van der Waals surface area contributed by atoms with Gasteiger partial charge in [0.1, 0.15) is 18.5 Å². The molecule has 1 N–H and O–H groups in total. The van der Waals surface area contributed by atoms with E-state index in [1.54, 1.807) is 35.3 Å². The molecule has 2 heterocycles. The van der Waals surface area contributed by atoms with Crippen LogP contribution in [0.3, 0.4) is 0 Å². The Hall–Kier alpha value is -2.81. The number of anilines is 1. The van der Waals surface area contributed by atoms with E-state index in [4.69, 9.17) is 11.6 Å². The Morgan fingerprint density at radius 3 is 2.60 bits per heavy atom. The molecule has 4 rings (SSSR count). The van der Waals surface area contributed by atoms with E-state index in [9.17, 15) is 9.18 Å². The number of aromatic nitrogens is 3. The molecule has 156 valence electrons. The predicted octanol–water partition coefficient (Wildman–Crippen LogP) is 2.82. The summed E-state index contributed by atoms with van der Waals surface area (Å²) in [7, 11) is 0. The van der Waals surface area contributed by atoms with Crippen molar-refractivity contribution in [2.24, 2.45) is 0 Å². The molecule has 1 saturated heterocycles. The van der Waals surface area contributed by atoms with Crippen LogP contribution in [0.4, 0.5) is 10.1 Å². The zero-order chi connectivity index (χ0) is 20.9. The maximum atomic E-state index is 13.9. The highest BCUT2D eigenvalue weighted by molar-refractivity contribution is 6.31. The van der Waals surface area contributed by atoms with Crippen molar-refractivity contribution in [3.63, 3.8) is 0 Å². The molecule has 7 nitrogen and oxygen atoms in total. The van der Waals surface area contributed by atoms with E-state index in [1.165, 1.54) is 12.4 Å². The second kappa shape index (κ2) is 9.34. The summed E-state index contributed by atoms with van der Waals surface area (Å²) >= 11 is 6.11. The molecule has 1 aliphatic rings. The summed E-state index contributed by atoms with van der Waals surface area (Å²) in [6.07, 6.45) is 2.99. The Labute approximate surface area is 179 Å². The monoisotopic (exact) mass is 428 g/mol. The van der Waals surface area contributed by atoms with Crippen LogP contribution in [0.5, 0.6) is 0 Å². The SMILES string of the molecule is O=C(CN1CCN(Cc2ccccc2F)CC1)Nc1cc(Cl)ccc1-n1cncn1. The van der Waals surface area contributed by atoms with Gasteiger partial charge in [0.15, 0.2) is 0 Å². The molecule has 0 saturated carbocycles. The Morgan fingerprint density at radius 1 is 1.10 bits per heavy atom. The van der Waals surface area contributed by atoms with Gasteiger partial charge in [-0.2, -0.15) is 5.10 Å². The fourth-order valence-corrected chi connectivity index (χ4v) is 3.68. The Kier molecular flexibility index (Phi) is 6.37. The first-order chi connectivity index (χ1) is 14.6. The van der Waals surface area contributed by atoms with Crippen molar-refractivity contribution in [2.45, 2.75) is 6.54 Å². The van der Waals surface area contributed by atoms with E-state index in [0.717, 1.165) is 26.2 Å². The second-order valence-electron chi connectivity index (χ2n) is 7.19. The highest BCUT2D eigenvalue weighted by Crippen LogP contribution is 2.24. The number of carbonyl (C=O) groups is 1. The molecule has 1 aromatic heterocycles. The average Bonchev–Trinajstić information content (AvgIpc) is 3.26. The molecule has 0 spiro atoms. The van der Waals surface area contributed by atoms with Crippen LogP contribution in [-0.4, -0.2) is 63.2 Å². The van der Waals surface area contributed by atoms with E-state index < -0.39 is 0 Å². The van der Waals surface area contributed by atoms with Gasteiger partial charge in [0.25, 0.3) is 0 Å². The Balaban J connectivity index is 1.32. The fourth-order valence-electron chi connectivity index (χ4n) is 3.51. The second-order valence-corrected chi connectivity index (χ2v) is 7.63. The topological polar surface area (TPSA) is 66.3 Å². The first-order valence-corrected chi connectivity index (χ1v) is 10.1. The fraction of sp³-hybridized carbons (Fsp3) is 0.286. The number of amides is 1. The van der Waals surface area contributed by atoms with Crippen LogP contribution in [-0.2, 0) is 11.3 Å². The van der Waals surface area contributed by atoms with Crippen LogP contribution in [0.15, 0.2) is 55.1 Å². The Morgan fingerprint density at radius 2 is 1.87 bits per heavy atom. The zero-order valence-electron chi connectivity index (χ0n) is 16.3. The van der Waals surface area contributed by atoms with Crippen molar-refractivity contribution in [1.29, 1.82) is 0 Å². The van der Waals surface area contributed by atoms with Gasteiger partial charge in [-0.3, -0.25) is 14.6 Å². The first-order valence-electron chi connectivity index (χ1n) is 9.71. The number of hydrogen-bond donors (Lipinski definition) is 1. The smallest absolute Gasteiger partial charge is 0.238 e. The standard InChI is InChI=1S/C21H22ClFN6O/c22-17-5-6-20(29-15-24-14-25-29)19(11-17)26-21(30)13-28-9-7-27(8-10-28)12-16-3-1-2-4-18(16)23/h1-6,11,14-15H,7-10,12-13H2,(H,26,30). The molecular formula is C21H22ClFN6O. The number of halogens is 2. The lowest BCUT2D eigenvalue weighted by Crippen LogP contribution is -2.48. The van der Waals surface area contributed by atoms with E-state index in [1.807, 2.05) is 12.1 Å². The van der Waals surface area contributed by atoms with Crippen molar-refractivity contribution in [1.82, 2.24) is 24.6 Å². The lowest BCUT2D eigenvalue weighted by Gasteiger charge is -2.34. The van der Waals surface area contributed by atoms with E-state index in [-0.39, 0.29) is 18.3 Å². The van der Waals surface area contributed by atoms with Crippen LogP contribution < -0.4 is 5.32 Å². The van der Waals surface area contributed by atoms with Crippen molar-refractivity contribution in [3.8, 4) is 5.69 Å². The van der Waals surface area contributed by atoms with Gasteiger partial charge in [-0.15, -0.1) is 0 Å². The van der Waals surface area contributed by atoms with Crippen molar-refractivity contribution >= 4 is 23.2 Å². The normalized spacial score (nSPS) is 15.3. The molecule has 2 aromatic carbocycles. The third-order valence-electron chi connectivity index (χ3n) is 5.08. The summed E-state index contributed by atoms with van der Waals surface area (Å²) in [6, 6.07) is 12.1. The van der Waals surface area contributed by atoms with E-state index >= 15 is 0 Å². The molecule has 30 heavy (non-hydrogen) atoms. The molecule has 0 radical (unpaired) electrons. The van der Waals surface area contributed by atoms with Gasteiger partial charge in [-0.25, -0.2) is 14.1 Å². The Bertz CT molecular complexity index is 1000. The molecule has 0 bridgehead atoms. The van der Waals surface area contributed by atoms with Gasteiger partial charge < -0.3 is 5.32 Å². The number of piperazine rings is 1. The molecule has 1 amide bonds. The van der Waals surface area contributed by atoms with Gasteiger partial charge in [0, 0.05) is 43.3 Å². The van der Waals surface area contributed by atoms with Gasteiger partial charge in [-0.05, 0) is 24.3 Å². The molecule has 9 heteroatoms. The molecular weight excluding hydrogens is 407 g/mol. The number of carbonyl (C=O) groups excluding carboxylic acids is 1. The van der Waals surface area contributed by atoms with Gasteiger partial charge >= 0.3 is 0 Å². The number of hydrogen-bond acceptors (Lipinski definition) is 5. The molecule has 0 atom stereocenters.